The normalized spacial score (nSPS) is 10.4. The zero-order chi connectivity index (χ0) is 13.0. The van der Waals surface area contributed by atoms with Gasteiger partial charge in [-0.2, -0.15) is 0 Å². The zero-order valence-corrected chi connectivity index (χ0v) is 11.9. The smallest absolute Gasteiger partial charge is 0.140 e. The summed E-state index contributed by atoms with van der Waals surface area (Å²) in [5, 5.41) is 0. The van der Waals surface area contributed by atoms with Crippen molar-refractivity contribution in [2.24, 2.45) is 5.73 Å². The molecule has 0 fully saturated rings. The van der Waals surface area contributed by atoms with Gasteiger partial charge >= 0.3 is 0 Å². The first-order valence-electron chi connectivity index (χ1n) is 5.61. The Hall–Kier alpha value is -1.14. The highest BCUT2D eigenvalue weighted by Gasteiger charge is 2.05. The highest BCUT2D eigenvalue weighted by atomic mass is 127. The lowest BCUT2D eigenvalue weighted by atomic mass is 10.1. The highest BCUT2D eigenvalue weighted by molar-refractivity contribution is 14.1. The molecule has 2 aromatic carbocycles. The van der Waals surface area contributed by atoms with Crippen LogP contribution in [0.3, 0.4) is 0 Å². The zero-order valence-electron chi connectivity index (χ0n) is 9.70. The van der Waals surface area contributed by atoms with E-state index in [0.29, 0.717) is 18.7 Å². The molecule has 0 aliphatic rings. The second-order valence-corrected chi connectivity index (χ2v) is 5.03. The molecule has 2 rings (SSSR count). The van der Waals surface area contributed by atoms with Gasteiger partial charge in [-0.3, -0.25) is 0 Å². The Morgan fingerprint density at radius 2 is 1.94 bits per heavy atom. The Labute approximate surface area is 119 Å². The van der Waals surface area contributed by atoms with Crippen LogP contribution in [0.1, 0.15) is 5.56 Å². The lowest BCUT2D eigenvalue weighted by molar-refractivity contribution is 0.472. The Morgan fingerprint density at radius 3 is 2.67 bits per heavy atom. The Balaban J connectivity index is 2.26. The molecule has 2 nitrogen and oxygen atoms in total. The van der Waals surface area contributed by atoms with Crippen molar-refractivity contribution in [3.63, 3.8) is 0 Å². The monoisotopic (exact) mass is 357 g/mol. The summed E-state index contributed by atoms with van der Waals surface area (Å²) in [7, 11) is 0. The third-order valence-corrected chi connectivity index (χ3v) is 3.32. The molecule has 0 saturated carbocycles. The molecule has 0 heterocycles. The summed E-state index contributed by atoms with van der Waals surface area (Å²) in [5.41, 5.74) is 6.32. The average molecular weight is 357 g/mol. The number of hydrogen-bond donors (Lipinski definition) is 1. The fourth-order valence-corrected chi connectivity index (χ4v) is 2.14. The Bertz CT molecular complexity index is 545. The van der Waals surface area contributed by atoms with E-state index >= 15 is 0 Å². The van der Waals surface area contributed by atoms with E-state index in [-0.39, 0.29) is 5.82 Å². The number of para-hydroxylation sites is 1. The van der Waals surface area contributed by atoms with Gasteiger partial charge in [-0.15, -0.1) is 0 Å². The summed E-state index contributed by atoms with van der Waals surface area (Å²) in [4.78, 5) is 0. The maximum absolute atomic E-state index is 13.4. The first kappa shape index (κ1) is 13.3. The molecular formula is C14H13FINO. The van der Waals surface area contributed by atoms with Crippen LogP contribution in [0, 0.1) is 9.39 Å². The predicted octanol–water partition coefficient (Wildman–Crippen LogP) is 3.72. The fraction of sp³-hybridized carbons (Fsp3) is 0.143. The van der Waals surface area contributed by atoms with Gasteiger partial charge in [-0.25, -0.2) is 4.39 Å². The van der Waals surface area contributed by atoms with Gasteiger partial charge in [0.15, 0.2) is 0 Å². The van der Waals surface area contributed by atoms with Gasteiger partial charge in [-0.1, -0.05) is 12.1 Å². The molecule has 0 atom stereocenters. The first-order valence-corrected chi connectivity index (χ1v) is 6.69. The van der Waals surface area contributed by atoms with Crippen LogP contribution in [-0.4, -0.2) is 6.54 Å². The van der Waals surface area contributed by atoms with Crippen LogP contribution < -0.4 is 10.5 Å². The number of benzene rings is 2. The van der Waals surface area contributed by atoms with Gasteiger partial charge in [-0.05, 0) is 65.4 Å². The van der Waals surface area contributed by atoms with Crippen LogP contribution in [0.5, 0.6) is 11.5 Å². The third-order valence-electron chi connectivity index (χ3n) is 2.43. The molecule has 0 spiro atoms. The highest BCUT2D eigenvalue weighted by Crippen LogP contribution is 2.27. The minimum atomic E-state index is -0.304. The van der Waals surface area contributed by atoms with Gasteiger partial charge in [0.1, 0.15) is 17.3 Å². The lowest BCUT2D eigenvalue weighted by Gasteiger charge is -2.09. The number of rotatable bonds is 4. The number of nitrogens with two attached hydrogens (primary N) is 1. The van der Waals surface area contributed by atoms with Gasteiger partial charge in [0, 0.05) is 6.07 Å². The van der Waals surface area contributed by atoms with Gasteiger partial charge < -0.3 is 10.5 Å². The van der Waals surface area contributed by atoms with E-state index in [2.05, 4.69) is 22.6 Å². The molecule has 0 radical (unpaired) electrons. The van der Waals surface area contributed by atoms with Crippen molar-refractivity contribution in [3.05, 3.63) is 57.4 Å². The molecule has 0 aliphatic heterocycles. The van der Waals surface area contributed by atoms with Crippen molar-refractivity contribution in [2.45, 2.75) is 6.42 Å². The molecule has 2 aromatic rings. The maximum Gasteiger partial charge on any atom is 0.140 e. The van der Waals surface area contributed by atoms with E-state index in [1.54, 1.807) is 0 Å². The number of ether oxygens (including phenoxy) is 1. The summed E-state index contributed by atoms with van der Waals surface area (Å²) in [6.45, 7) is 0.492. The topological polar surface area (TPSA) is 35.2 Å². The molecule has 0 aliphatic carbocycles. The first-order chi connectivity index (χ1) is 8.69. The molecule has 0 bridgehead atoms. The number of hydrogen-bond acceptors (Lipinski definition) is 2. The maximum atomic E-state index is 13.4. The third kappa shape index (κ3) is 3.43. The molecule has 0 amide bonds. The fourth-order valence-electron chi connectivity index (χ4n) is 1.65. The van der Waals surface area contributed by atoms with E-state index in [1.807, 2.05) is 30.3 Å². The summed E-state index contributed by atoms with van der Waals surface area (Å²) >= 11 is 2.18. The summed E-state index contributed by atoms with van der Waals surface area (Å²) in [5.74, 6) is 0.923. The average Bonchev–Trinajstić information content (AvgIpc) is 2.32. The summed E-state index contributed by atoms with van der Waals surface area (Å²) in [6.07, 6.45) is 0.639. The summed E-state index contributed by atoms with van der Waals surface area (Å²) < 4.78 is 20.1. The van der Waals surface area contributed by atoms with Crippen LogP contribution >= 0.6 is 22.6 Å². The van der Waals surface area contributed by atoms with E-state index in [1.165, 1.54) is 12.1 Å². The SMILES string of the molecule is NCCc1cc(F)cc(Oc2ccccc2I)c1. The molecule has 4 heteroatoms. The van der Waals surface area contributed by atoms with Crippen molar-refractivity contribution in [1.82, 2.24) is 0 Å². The van der Waals surface area contributed by atoms with E-state index in [9.17, 15) is 4.39 Å². The van der Waals surface area contributed by atoms with E-state index in [0.717, 1.165) is 14.9 Å². The number of halogens is 2. The van der Waals surface area contributed by atoms with Crippen molar-refractivity contribution in [3.8, 4) is 11.5 Å². The quantitative estimate of drug-likeness (QED) is 0.847. The van der Waals surface area contributed by atoms with Crippen LogP contribution in [0.15, 0.2) is 42.5 Å². The van der Waals surface area contributed by atoms with Gasteiger partial charge in [0.25, 0.3) is 0 Å². The Morgan fingerprint density at radius 1 is 1.17 bits per heavy atom. The molecule has 0 saturated heterocycles. The molecule has 18 heavy (non-hydrogen) atoms. The standard InChI is InChI=1S/C14H13FINO/c15-11-7-10(5-6-17)8-12(9-11)18-14-4-2-1-3-13(14)16/h1-4,7-9H,5-6,17H2. The molecule has 0 unspecified atom stereocenters. The summed E-state index contributed by atoms with van der Waals surface area (Å²) in [6, 6.07) is 12.3. The van der Waals surface area contributed by atoms with Crippen LogP contribution in [0.4, 0.5) is 4.39 Å². The van der Waals surface area contributed by atoms with E-state index in [4.69, 9.17) is 10.5 Å². The van der Waals surface area contributed by atoms with Crippen LogP contribution in [-0.2, 0) is 6.42 Å². The van der Waals surface area contributed by atoms with Crippen LogP contribution in [0.2, 0.25) is 0 Å². The second-order valence-electron chi connectivity index (χ2n) is 3.87. The van der Waals surface area contributed by atoms with Crippen LogP contribution in [0.25, 0.3) is 0 Å². The molecule has 0 aromatic heterocycles. The minimum absolute atomic E-state index is 0.304. The molecule has 2 N–H and O–H groups in total. The predicted molar refractivity (Wildman–Crippen MR) is 78.4 cm³/mol. The lowest BCUT2D eigenvalue weighted by Crippen LogP contribution is -2.03. The minimum Gasteiger partial charge on any atom is -0.456 e. The van der Waals surface area contributed by atoms with Gasteiger partial charge in [0.2, 0.25) is 0 Å². The largest absolute Gasteiger partial charge is 0.456 e. The van der Waals surface area contributed by atoms with E-state index < -0.39 is 0 Å². The molecular weight excluding hydrogens is 344 g/mol. The van der Waals surface area contributed by atoms with Crippen molar-refractivity contribution >= 4 is 22.6 Å². The second kappa shape index (κ2) is 6.15. The molecule has 94 valence electrons. The van der Waals surface area contributed by atoms with Crippen molar-refractivity contribution in [1.29, 1.82) is 0 Å². The van der Waals surface area contributed by atoms with Crippen molar-refractivity contribution in [2.75, 3.05) is 6.54 Å². The van der Waals surface area contributed by atoms with Crippen molar-refractivity contribution < 1.29 is 9.13 Å². The Kier molecular flexibility index (Phi) is 4.54. The van der Waals surface area contributed by atoms with Gasteiger partial charge in [0.05, 0.1) is 3.57 Å².